The first kappa shape index (κ1) is 20.3. The highest BCUT2D eigenvalue weighted by Crippen LogP contribution is 2.06. The summed E-state index contributed by atoms with van der Waals surface area (Å²) in [6.07, 6.45) is 2.30. The molecule has 0 radical (unpaired) electrons. The van der Waals surface area contributed by atoms with Crippen LogP contribution in [0.25, 0.3) is 0 Å². The Morgan fingerprint density at radius 3 is 2.75 bits per heavy atom. The van der Waals surface area contributed by atoms with Gasteiger partial charge in [-0.15, -0.1) is 34.2 Å². The smallest absolute Gasteiger partial charge is 0.191 e. The Bertz CT molecular complexity index is 643. The van der Waals surface area contributed by atoms with E-state index in [1.165, 1.54) is 6.07 Å². The van der Waals surface area contributed by atoms with Gasteiger partial charge in [-0.1, -0.05) is 18.2 Å². The third-order valence-electron chi connectivity index (χ3n) is 3.40. The minimum Gasteiger partial charge on any atom is -0.357 e. The predicted octanol–water partition coefficient (Wildman–Crippen LogP) is 2.35. The molecule has 0 fully saturated rings. The second-order valence-corrected chi connectivity index (χ2v) is 5.00. The zero-order valence-corrected chi connectivity index (χ0v) is 16.3. The van der Waals surface area contributed by atoms with E-state index in [-0.39, 0.29) is 29.8 Å². The fourth-order valence-electron chi connectivity index (χ4n) is 2.17. The molecule has 132 valence electrons. The lowest BCUT2D eigenvalue weighted by atomic mass is 10.1. The van der Waals surface area contributed by atoms with E-state index in [0.29, 0.717) is 31.0 Å². The average Bonchev–Trinajstić information content (AvgIpc) is 3.02. The number of hydrogen-bond acceptors (Lipinski definition) is 3. The van der Waals surface area contributed by atoms with Crippen LogP contribution in [0, 0.1) is 5.82 Å². The molecule has 1 aromatic heterocycles. The molecular formula is C16H24FIN6. The maximum absolute atomic E-state index is 13.6. The number of benzene rings is 1. The van der Waals surface area contributed by atoms with Gasteiger partial charge in [-0.3, -0.25) is 0 Å². The van der Waals surface area contributed by atoms with Crippen LogP contribution in [0.5, 0.6) is 0 Å². The van der Waals surface area contributed by atoms with E-state index < -0.39 is 0 Å². The summed E-state index contributed by atoms with van der Waals surface area (Å²) in [7, 11) is 0. The van der Waals surface area contributed by atoms with E-state index in [1.807, 2.05) is 24.5 Å². The number of rotatable bonds is 7. The maximum atomic E-state index is 13.6. The standard InChI is InChI=1S/C16H23FN6.HI/c1-3-18-16(20-11-15-22-21-12-23(15)4-2)19-10-9-13-7-5-6-8-14(13)17;/h5-8,12H,3-4,9-11H2,1-2H3,(H2,18,19,20);1H. The Kier molecular flexibility index (Phi) is 9.28. The van der Waals surface area contributed by atoms with E-state index in [9.17, 15) is 4.39 Å². The molecule has 0 amide bonds. The minimum absolute atomic E-state index is 0. The lowest BCUT2D eigenvalue weighted by Gasteiger charge is -2.11. The van der Waals surface area contributed by atoms with Gasteiger partial charge in [-0.2, -0.15) is 0 Å². The monoisotopic (exact) mass is 446 g/mol. The highest BCUT2D eigenvalue weighted by Gasteiger charge is 2.04. The van der Waals surface area contributed by atoms with Gasteiger partial charge in [-0.25, -0.2) is 9.38 Å². The van der Waals surface area contributed by atoms with Crippen molar-refractivity contribution >= 4 is 29.9 Å². The van der Waals surface area contributed by atoms with Gasteiger partial charge in [0.1, 0.15) is 18.7 Å². The lowest BCUT2D eigenvalue weighted by molar-refractivity contribution is 0.606. The van der Waals surface area contributed by atoms with Crippen molar-refractivity contribution in [1.29, 1.82) is 0 Å². The van der Waals surface area contributed by atoms with Gasteiger partial charge in [0.15, 0.2) is 11.8 Å². The number of aliphatic imine (C=N–C) groups is 1. The Morgan fingerprint density at radius 2 is 2.04 bits per heavy atom. The topological polar surface area (TPSA) is 67.1 Å². The fourth-order valence-corrected chi connectivity index (χ4v) is 2.17. The molecular weight excluding hydrogens is 422 g/mol. The number of hydrogen-bond donors (Lipinski definition) is 2. The van der Waals surface area contributed by atoms with Crippen molar-refractivity contribution in [2.75, 3.05) is 13.1 Å². The Labute approximate surface area is 159 Å². The lowest BCUT2D eigenvalue weighted by Crippen LogP contribution is -2.38. The molecule has 2 N–H and O–H groups in total. The van der Waals surface area contributed by atoms with Crippen LogP contribution in [0.4, 0.5) is 4.39 Å². The molecule has 6 nitrogen and oxygen atoms in total. The normalized spacial score (nSPS) is 11.0. The molecule has 2 aromatic rings. The van der Waals surface area contributed by atoms with Crippen LogP contribution in [0.1, 0.15) is 25.2 Å². The van der Waals surface area contributed by atoms with Gasteiger partial charge in [0.25, 0.3) is 0 Å². The highest BCUT2D eigenvalue weighted by molar-refractivity contribution is 14.0. The van der Waals surface area contributed by atoms with Crippen LogP contribution in [0.3, 0.4) is 0 Å². The van der Waals surface area contributed by atoms with Crippen molar-refractivity contribution in [3.8, 4) is 0 Å². The van der Waals surface area contributed by atoms with Gasteiger partial charge in [0.05, 0.1) is 0 Å². The highest BCUT2D eigenvalue weighted by atomic mass is 127. The Balaban J connectivity index is 0.00000288. The second-order valence-electron chi connectivity index (χ2n) is 5.00. The van der Waals surface area contributed by atoms with Crippen molar-refractivity contribution in [2.45, 2.75) is 33.4 Å². The summed E-state index contributed by atoms with van der Waals surface area (Å²) in [5, 5.41) is 14.3. The molecule has 0 aliphatic carbocycles. The van der Waals surface area contributed by atoms with Crippen molar-refractivity contribution in [1.82, 2.24) is 25.4 Å². The Hall–Kier alpha value is -1.71. The molecule has 0 aliphatic heterocycles. The van der Waals surface area contributed by atoms with E-state index >= 15 is 0 Å². The molecule has 8 heteroatoms. The fraction of sp³-hybridized carbons (Fsp3) is 0.438. The number of halogens is 2. The van der Waals surface area contributed by atoms with Crippen molar-refractivity contribution in [3.05, 3.63) is 47.8 Å². The van der Waals surface area contributed by atoms with Gasteiger partial charge in [0.2, 0.25) is 0 Å². The van der Waals surface area contributed by atoms with Gasteiger partial charge >= 0.3 is 0 Å². The third kappa shape index (κ3) is 6.06. The summed E-state index contributed by atoms with van der Waals surface area (Å²) < 4.78 is 15.5. The van der Waals surface area contributed by atoms with Crippen LogP contribution in [-0.2, 0) is 19.5 Å². The largest absolute Gasteiger partial charge is 0.357 e. The van der Waals surface area contributed by atoms with Gasteiger partial charge in [-0.05, 0) is 31.9 Å². The molecule has 0 saturated carbocycles. The minimum atomic E-state index is -0.174. The molecule has 0 spiro atoms. The number of aromatic nitrogens is 3. The second kappa shape index (κ2) is 11.0. The van der Waals surface area contributed by atoms with Gasteiger partial charge < -0.3 is 15.2 Å². The van der Waals surface area contributed by atoms with Gasteiger partial charge in [0, 0.05) is 19.6 Å². The summed E-state index contributed by atoms with van der Waals surface area (Å²) in [5.41, 5.74) is 0.696. The van der Waals surface area contributed by atoms with Crippen molar-refractivity contribution < 1.29 is 4.39 Å². The molecule has 0 bridgehead atoms. The number of nitrogens with one attached hydrogen (secondary N) is 2. The number of aryl methyl sites for hydroxylation is 1. The molecule has 0 unspecified atom stereocenters. The summed E-state index contributed by atoms with van der Waals surface area (Å²) in [6.45, 7) is 6.66. The molecule has 1 heterocycles. The predicted molar refractivity (Wildman–Crippen MR) is 104 cm³/mol. The first-order valence-electron chi connectivity index (χ1n) is 7.86. The van der Waals surface area contributed by atoms with Crippen molar-refractivity contribution in [2.24, 2.45) is 4.99 Å². The first-order valence-corrected chi connectivity index (χ1v) is 7.86. The Morgan fingerprint density at radius 1 is 1.25 bits per heavy atom. The number of nitrogens with zero attached hydrogens (tertiary/aromatic N) is 4. The SMILES string of the molecule is CCNC(=NCc1nncn1CC)NCCc1ccccc1F.I. The van der Waals surface area contributed by atoms with E-state index in [4.69, 9.17) is 0 Å². The average molecular weight is 446 g/mol. The van der Waals surface area contributed by atoms with Crippen molar-refractivity contribution in [3.63, 3.8) is 0 Å². The molecule has 2 rings (SSSR count). The summed E-state index contributed by atoms with van der Waals surface area (Å²) in [4.78, 5) is 4.50. The van der Waals surface area contributed by atoms with Crippen LogP contribution >= 0.6 is 24.0 Å². The first-order chi connectivity index (χ1) is 11.2. The molecule has 1 aromatic carbocycles. The third-order valence-corrected chi connectivity index (χ3v) is 3.40. The van der Waals surface area contributed by atoms with Crippen LogP contribution in [0.15, 0.2) is 35.6 Å². The maximum Gasteiger partial charge on any atom is 0.191 e. The van der Waals surface area contributed by atoms with Crippen LogP contribution < -0.4 is 10.6 Å². The zero-order chi connectivity index (χ0) is 16.5. The summed E-state index contributed by atoms with van der Waals surface area (Å²) in [6, 6.07) is 6.81. The molecule has 24 heavy (non-hydrogen) atoms. The number of guanidine groups is 1. The quantitative estimate of drug-likeness (QED) is 0.390. The molecule has 0 saturated heterocycles. The summed E-state index contributed by atoms with van der Waals surface area (Å²) in [5.74, 6) is 1.33. The summed E-state index contributed by atoms with van der Waals surface area (Å²) >= 11 is 0. The van der Waals surface area contributed by atoms with E-state index in [0.717, 1.165) is 18.9 Å². The zero-order valence-electron chi connectivity index (χ0n) is 14.0. The molecule has 0 atom stereocenters. The van der Waals surface area contributed by atoms with E-state index in [1.54, 1.807) is 18.5 Å². The van der Waals surface area contributed by atoms with Crippen LogP contribution in [0.2, 0.25) is 0 Å². The molecule has 0 aliphatic rings. The van der Waals surface area contributed by atoms with E-state index in [2.05, 4.69) is 25.8 Å². The van der Waals surface area contributed by atoms with Crippen LogP contribution in [-0.4, -0.2) is 33.8 Å².